The molecule has 4 aromatic heterocycles. The van der Waals surface area contributed by atoms with Gasteiger partial charge in [0.15, 0.2) is 11.4 Å². The van der Waals surface area contributed by atoms with Crippen molar-refractivity contribution in [1.82, 2.24) is 39.7 Å². The Kier molecular flexibility index (Phi) is 6.90. The van der Waals surface area contributed by atoms with Crippen molar-refractivity contribution in [3.63, 3.8) is 0 Å². The van der Waals surface area contributed by atoms with Gasteiger partial charge in [0.05, 0.1) is 23.1 Å². The lowest BCUT2D eigenvalue weighted by Crippen LogP contribution is -2.61. The molecule has 2 atom stereocenters. The minimum absolute atomic E-state index is 0.0319. The number of hydrogen-bond donors (Lipinski definition) is 3. The van der Waals surface area contributed by atoms with E-state index in [0.717, 1.165) is 25.1 Å². The Bertz CT molecular complexity index is 1790. The van der Waals surface area contributed by atoms with E-state index < -0.39 is 23.6 Å². The second kappa shape index (κ2) is 10.2. The molecule has 45 heavy (non-hydrogen) atoms. The molecule has 2 aliphatic rings. The fourth-order valence-electron chi connectivity index (χ4n) is 6.42. The fraction of sp³-hybridized carbons (Fsp3) is 0.444. The zero-order chi connectivity index (χ0) is 32.6. The van der Waals surface area contributed by atoms with Gasteiger partial charge in [-0.2, -0.15) is 36.0 Å². The van der Waals surface area contributed by atoms with Crippen LogP contribution in [0.25, 0.3) is 16.8 Å². The number of rotatable bonds is 5. The van der Waals surface area contributed by atoms with E-state index in [1.54, 1.807) is 11.8 Å². The van der Waals surface area contributed by atoms with Crippen LogP contribution in [-0.2, 0) is 5.54 Å². The molecule has 0 saturated carbocycles. The maximum atomic E-state index is 13.5. The summed E-state index contributed by atoms with van der Waals surface area (Å²) in [4.78, 5) is 40.2. The van der Waals surface area contributed by atoms with E-state index in [2.05, 4.69) is 25.3 Å². The zero-order valence-electron chi connectivity index (χ0n) is 23.7. The van der Waals surface area contributed by atoms with Crippen molar-refractivity contribution >= 4 is 23.2 Å². The largest absolute Gasteiger partial charge is 0.421 e. The molecule has 2 aliphatic heterocycles. The van der Waals surface area contributed by atoms with Gasteiger partial charge < -0.3 is 16.4 Å². The maximum Gasteiger partial charge on any atom is 0.421 e. The third-order valence-electron chi connectivity index (χ3n) is 8.58. The van der Waals surface area contributed by atoms with E-state index in [1.807, 2.05) is 0 Å². The Labute approximate surface area is 250 Å². The molecule has 2 saturated heterocycles. The third kappa shape index (κ3) is 4.69. The van der Waals surface area contributed by atoms with Gasteiger partial charge in [0.2, 0.25) is 5.82 Å². The lowest BCUT2D eigenvalue weighted by atomic mass is 9.85. The van der Waals surface area contributed by atoms with E-state index in [4.69, 9.17) is 16.5 Å². The summed E-state index contributed by atoms with van der Waals surface area (Å²) in [6.45, 7) is 3.01. The minimum Gasteiger partial charge on any atom is -0.383 e. The number of nitrogens with one attached hydrogen (secondary N) is 1. The van der Waals surface area contributed by atoms with Crippen molar-refractivity contribution in [1.29, 1.82) is 0 Å². The summed E-state index contributed by atoms with van der Waals surface area (Å²) < 4.78 is 82.0. The normalized spacial score (nSPS) is 20.6. The molecule has 12 nitrogen and oxygen atoms in total. The first kappa shape index (κ1) is 30.4. The number of aromatic nitrogens is 7. The highest BCUT2D eigenvalue weighted by Crippen LogP contribution is 2.48. The summed E-state index contributed by atoms with van der Waals surface area (Å²) in [5, 5.41) is 10.8. The van der Waals surface area contributed by atoms with Crippen molar-refractivity contribution < 1.29 is 35.9 Å². The summed E-state index contributed by atoms with van der Waals surface area (Å²) in [5.74, 6) is -0.435. The molecule has 0 radical (unpaired) electrons. The number of carbonyl (C=O) groups is 2. The Morgan fingerprint density at radius 3 is 2.16 bits per heavy atom. The standard InChI is InChI=1S/C27H26F6N10O2/c1-11(44)19-20(14-7-15-4-5-16(8-14)42(15)24(45)22-38-12(2)40-41-22)39-23-17(10-37-43(23)21(19)34)13-3-6-18(36-9-13)25(35,26(28,29)30)27(31,32)33/h3,6,9-10,14-16H,4-5,7-8,34-35H2,1-2H3,(H,38,40,41)/t15-,16-/m1/s1. The van der Waals surface area contributed by atoms with E-state index in [9.17, 15) is 35.9 Å². The molecule has 0 aromatic carbocycles. The molecule has 2 bridgehead atoms. The number of carbonyl (C=O) groups excluding carboxylic acids is 2. The van der Waals surface area contributed by atoms with Gasteiger partial charge in [0.25, 0.3) is 11.4 Å². The van der Waals surface area contributed by atoms with Gasteiger partial charge in [-0.05, 0) is 45.6 Å². The number of ketones is 1. The van der Waals surface area contributed by atoms with Crippen LogP contribution in [0.1, 0.15) is 76.7 Å². The molecule has 18 heteroatoms. The van der Waals surface area contributed by atoms with Gasteiger partial charge >= 0.3 is 12.4 Å². The fourth-order valence-corrected chi connectivity index (χ4v) is 6.42. The van der Waals surface area contributed by atoms with Gasteiger partial charge in [0.1, 0.15) is 11.6 Å². The van der Waals surface area contributed by atoms with E-state index in [-0.39, 0.29) is 63.7 Å². The number of nitrogens with two attached hydrogens (primary N) is 2. The molecular weight excluding hydrogens is 610 g/mol. The monoisotopic (exact) mass is 636 g/mol. The third-order valence-corrected chi connectivity index (χ3v) is 8.58. The average molecular weight is 637 g/mol. The van der Waals surface area contributed by atoms with Crippen LogP contribution >= 0.6 is 0 Å². The van der Waals surface area contributed by atoms with Gasteiger partial charge in [-0.15, -0.1) is 5.10 Å². The number of fused-ring (bicyclic) bond motifs is 3. The van der Waals surface area contributed by atoms with Crippen molar-refractivity contribution in [3.05, 3.63) is 53.1 Å². The Hall–Kier alpha value is -4.61. The number of aromatic amines is 1. The molecule has 2 fully saturated rings. The van der Waals surface area contributed by atoms with Crippen LogP contribution in [0.4, 0.5) is 32.2 Å². The SMILES string of the molecule is CC(=O)c1c(C2C[C@H]3CC[C@H](C2)N3C(=O)c2n[nH]c(C)n2)nc2c(-c3ccc(C(N)(C(F)(F)F)C(F)(F)F)nc3)cnn2c1N. The quantitative estimate of drug-likeness (QED) is 0.217. The molecule has 0 unspecified atom stereocenters. The van der Waals surface area contributed by atoms with Crippen molar-refractivity contribution in [2.75, 3.05) is 5.73 Å². The summed E-state index contributed by atoms with van der Waals surface area (Å²) in [6.07, 6.45) is -7.29. The summed E-state index contributed by atoms with van der Waals surface area (Å²) in [7, 11) is 0. The second-order valence-corrected chi connectivity index (χ2v) is 11.4. The van der Waals surface area contributed by atoms with Gasteiger partial charge in [0, 0.05) is 35.3 Å². The van der Waals surface area contributed by atoms with Gasteiger partial charge in [-0.3, -0.25) is 19.7 Å². The number of alkyl halides is 6. The predicted molar refractivity (Wildman–Crippen MR) is 145 cm³/mol. The first-order valence-corrected chi connectivity index (χ1v) is 13.8. The molecular formula is C27H26F6N10O2. The number of Topliss-reactive ketones (excluding diaryl/α,β-unsaturated/α-hetero) is 1. The molecule has 1 amide bonds. The molecule has 238 valence electrons. The van der Waals surface area contributed by atoms with Crippen LogP contribution in [0.15, 0.2) is 24.5 Å². The number of nitrogen functional groups attached to an aromatic ring is 1. The van der Waals surface area contributed by atoms with Crippen LogP contribution in [-0.4, -0.2) is 75.8 Å². The van der Waals surface area contributed by atoms with Crippen LogP contribution < -0.4 is 11.5 Å². The number of pyridine rings is 1. The Morgan fingerprint density at radius 1 is 1.00 bits per heavy atom. The van der Waals surface area contributed by atoms with Gasteiger partial charge in [-0.25, -0.2) is 9.97 Å². The van der Waals surface area contributed by atoms with Crippen LogP contribution in [0.2, 0.25) is 0 Å². The number of piperidine rings is 1. The second-order valence-electron chi connectivity index (χ2n) is 11.4. The summed E-state index contributed by atoms with van der Waals surface area (Å²) in [5.41, 5.74) is 6.08. The number of halogens is 6. The number of H-pyrrole nitrogens is 1. The number of amides is 1. The smallest absolute Gasteiger partial charge is 0.383 e. The number of aryl methyl sites for hydroxylation is 1. The van der Waals surface area contributed by atoms with Gasteiger partial charge in [-0.1, -0.05) is 6.07 Å². The Balaban J connectivity index is 1.38. The number of anilines is 1. The molecule has 0 aliphatic carbocycles. The lowest BCUT2D eigenvalue weighted by Gasteiger charge is -2.38. The topological polar surface area (TPSA) is 174 Å². The highest BCUT2D eigenvalue weighted by molar-refractivity contribution is 6.00. The van der Waals surface area contributed by atoms with Crippen LogP contribution in [0.3, 0.4) is 0 Å². The lowest BCUT2D eigenvalue weighted by molar-refractivity contribution is -0.303. The van der Waals surface area contributed by atoms with Crippen molar-refractivity contribution in [3.8, 4) is 11.1 Å². The highest BCUT2D eigenvalue weighted by atomic mass is 19.4. The van der Waals surface area contributed by atoms with E-state index in [1.165, 1.54) is 17.6 Å². The minimum atomic E-state index is -5.87. The maximum absolute atomic E-state index is 13.5. The van der Waals surface area contributed by atoms with Crippen molar-refractivity contribution in [2.45, 2.75) is 75.4 Å². The number of hydrogen-bond acceptors (Lipinski definition) is 9. The molecule has 0 spiro atoms. The van der Waals surface area contributed by atoms with E-state index >= 15 is 0 Å². The summed E-state index contributed by atoms with van der Waals surface area (Å²) in [6, 6.07) is 1.19. The van der Waals surface area contributed by atoms with E-state index in [0.29, 0.717) is 30.4 Å². The zero-order valence-corrected chi connectivity index (χ0v) is 23.7. The van der Waals surface area contributed by atoms with Crippen LogP contribution in [0.5, 0.6) is 0 Å². The summed E-state index contributed by atoms with van der Waals surface area (Å²) >= 11 is 0. The molecule has 4 aromatic rings. The average Bonchev–Trinajstić information content (AvgIpc) is 3.66. The predicted octanol–water partition coefficient (Wildman–Crippen LogP) is 3.83. The number of nitrogens with zero attached hydrogens (tertiary/aromatic N) is 7. The molecule has 6 heterocycles. The van der Waals surface area contributed by atoms with Crippen LogP contribution in [0, 0.1) is 6.92 Å². The molecule has 5 N–H and O–H groups in total. The highest BCUT2D eigenvalue weighted by Gasteiger charge is 2.70. The molecule has 6 rings (SSSR count). The first-order valence-electron chi connectivity index (χ1n) is 13.8. The first-order chi connectivity index (χ1) is 21.0. The van der Waals surface area contributed by atoms with Crippen molar-refractivity contribution in [2.24, 2.45) is 5.73 Å². The Morgan fingerprint density at radius 2 is 1.64 bits per heavy atom.